The Bertz CT molecular complexity index is 1560. The standard InChI is InChI=1S/C34H32N2O2S/c1-36-30-14-8-6-12-28(30)27(21-31(36)24-10-4-3-5-11-24)20-26(23-16-18-25(19-17-23)34(37)38-2)22-33-35-29-13-7-9-15-32(29)39-33/h3-15,20-23,25H,16-19H2,1-2H3/b26-22-,27-20+. The van der Waals surface area contributed by atoms with Gasteiger partial charge in [-0.1, -0.05) is 66.7 Å². The fourth-order valence-electron chi connectivity index (χ4n) is 5.85. The van der Waals surface area contributed by atoms with Crippen LogP contribution in [-0.4, -0.2) is 25.1 Å². The van der Waals surface area contributed by atoms with Crippen molar-refractivity contribution in [2.24, 2.45) is 11.8 Å². The molecule has 1 aliphatic carbocycles. The Kier molecular flexibility index (Phi) is 7.16. The molecule has 3 aromatic carbocycles. The van der Waals surface area contributed by atoms with Crippen molar-refractivity contribution in [2.45, 2.75) is 25.7 Å². The predicted octanol–water partition coefficient (Wildman–Crippen LogP) is 8.23. The second-order valence-corrected chi connectivity index (χ2v) is 11.4. The van der Waals surface area contributed by atoms with Gasteiger partial charge in [-0.25, -0.2) is 4.98 Å². The van der Waals surface area contributed by atoms with E-state index >= 15 is 0 Å². The molecule has 0 saturated heterocycles. The molecule has 4 nitrogen and oxygen atoms in total. The van der Waals surface area contributed by atoms with Crippen molar-refractivity contribution in [3.8, 4) is 0 Å². The molecule has 0 radical (unpaired) electrons. The van der Waals surface area contributed by atoms with Crippen molar-refractivity contribution >= 4 is 50.6 Å². The number of rotatable bonds is 5. The quantitative estimate of drug-likeness (QED) is 0.243. The van der Waals surface area contributed by atoms with Crippen LogP contribution in [-0.2, 0) is 9.53 Å². The second-order valence-electron chi connectivity index (χ2n) is 10.3. The molecule has 0 N–H and O–H groups in total. The van der Waals surface area contributed by atoms with Crippen LogP contribution in [0.15, 0.2) is 96.6 Å². The van der Waals surface area contributed by atoms with E-state index in [0.29, 0.717) is 5.92 Å². The number of carbonyl (C=O) groups is 1. The molecule has 0 atom stereocenters. The van der Waals surface area contributed by atoms with Gasteiger partial charge in [0.1, 0.15) is 5.01 Å². The van der Waals surface area contributed by atoms with Crippen molar-refractivity contribution < 1.29 is 9.53 Å². The van der Waals surface area contributed by atoms with Crippen LogP contribution in [0.25, 0.3) is 27.6 Å². The Morgan fingerprint density at radius 2 is 1.62 bits per heavy atom. The summed E-state index contributed by atoms with van der Waals surface area (Å²) in [6.45, 7) is 0. The SMILES string of the molecule is COC(=O)C1CCC(C(/C=C2\C=C(c3ccccc3)N(C)c3ccccc32)=C\c2nc3ccccc3s2)CC1. The zero-order valence-corrected chi connectivity index (χ0v) is 23.2. The summed E-state index contributed by atoms with van der Waals surface area (Å²) in [7, 11) is 3.63. The molecule has 2 heterocycles. The van der Waals surface area contributed by atoms with E-state index in [0.717, 1.165) is 36.2 Å². The minimum Gasteiger partial charge on any atom is -0.469 e. The Morgan fingerprint density at radius 3 is 2.38 bits per heavy atom. The number of para-hydroxylation sites is 2. The van der Waals surface area contributed by atoms with E-state index in [9.17, 15) is 4.79 Å². The highest BCUT2D eigenvalue weighted by molar-refractivity contribution is 7.19. The Labute approximate surface area is 234 Å². The molecule has 5 heteroatoms. The monoisotopic (exact) mass is 532 g/mol. The summed E-state index contributed by atoms with van der Waals surface area (Å²) in [6.07, 6.45) is 10.6. The maximum absolute atomic E-state index is 12.2. The lowest BCUT2D eigenvalue weighted by Gasteiger charge is -2.32. The van der Waals surface area contributed by atoms with E-state index in [2.05, 4.69) is 103 Å². The predicted molar refractivity (Wildman–Crippen MR) is 162 cm³/mol. The molecular formula is C34H32N2O2S. The second kappa shape index (κ2) is 11.0. The summed E-state index contributed by atoms with van der Waals surface area (Å²) in [6, 6.07) is 27.5. The maximum atomic E-state index is 12.2. The average molecular weight is 533 g/mol. The van der Waals surface area contributed by atoms with Crippen LogP contribution in [0, 0.1) is 11.8 Å². The normalized spacial score (nSPS) is 20.6. The molecule has 1 aliphatic heterocycles. The largest absolute Gasteiger partial charge is 0.469 e. The molecule has 4 aromatic rings. The number of carbonyl (C=O) groups excluding carboxylic acids is 1. The van der Waals surface area contributed by atoms with Crippen LogP contribution in [0.5, 0.6) is 0 Å². The van der Waals surface area contributed by atoms with Crippen LogP contribution < -0.4 is 4.90 Å². The summed E-state index contributed by atoms with van der Waals surface area (Å²) in [5.74, 6) is 0.269. The van der Waals surface area contributed by atoms with Gasteiger partial charge in [0.05, 0.1) is 23.2 Å². The number of aromatic nitrogens is 1. The zero-order valence-electron chi connectivity index (χ0n) is 22.3. The number of hydrogen-bond donors (Lipinski definition) is 0. The molecular weight excluding hydrogens is 500 g/mol. The van der Waals surface area contributed by atoms with E-state index in [1.807, 2.05) is 6.07 Å². The lowest BCUT2D eigenvalue weighted by atomic mass is 9.77. The van der Waals surface area contributed by atoms with Gasteiger partial charge >= 0.3 is 5.97 Å². The number of allylic oxidation sites excluding steroid dienone is 4. The smallest absolute Gasteiger partial charge is 0.308 e. The van der Waals surface area contributed by atoms with Gasteiger partial charge in [0, 0.05) is 24.0 Å². The number of hydrogen-bond acceptors (Lipinski definition) is 5. The highest BCUT2D eigenvalue weighted by atomic mass is 32.1. The van der Waals surface area contributed by atoms with Crippen molar-refractivity contribution in [1.82, 2.24) is 4.98 Å². The lowest BCUT2D eigenvalue weighted by molar-refractivity contribution is -0.146. The van der Waals surface area contributed by atoms with Gasteiger partial charge in [0.25, 0.3) is 0 Å². The molecule has 1 aromatic heterocycles. The molecule has 0 spiro atoms. The van der Waals surface area contributed by atoms with Crippen LogP contribution >= 0.6 is 11.3 Å². The van der Waals surface area contributed by atoms with Gasteiger partial charge in [-0.15, -0.1) is 11.3 Å². The Balaban J connectivity index is 1.45. The van der Waals surface area contributed by atoms with Crippen LogP contribution in [0.2, 0.25) is 0 Å². The average Bonchev–Trinajstić information content (AvgIpc) is 3.41. The van der Waals surface area contributed by atoms with E-state index in [-0.39, 0.29) is 11.9 Å². The first-order valence-corrected chi connectivity index (χ1v) is 14.4. The molecule has 2 aliphatic rings. The number of benzene rings is 3. The van der Waals surface area contributed by atoms with Crippen molar-refractivity contribution in [1.29, 1.82) is 0 Å². The van der Waals surface area contributed by atoms with Crippen LogP contribution in [0.1, 0.15) is 41.8 Å². The van der Waals surface area contributed by atoms with Gasteiger partial charge in [-0.05, 0) is 78.7 Å². The minimum absolute atomic E-state index is 0.00348. The zero-order chi connectivity index (χ0) is 26.8. The van der Waals surface area contributed by atoms with E-state index < -0.39 is 0 Å². The van der Waals surface area contributed by atoms with E-state index in [1.54, 1.807) is 11.3 Å². The van der Waals surface area contributed by atoms with Gasteiger partial charge in [0.15, 0.2) is 0 Å². The minimum atomic E-state index is -0.0804. The van der Waals surface area contributed by atoms with Gasteiger partial charge in [-0.3, -0.25) is 4.79 Å². The van der Waals surface area contributed by atoms with E-state index in [1.165, 1.54) is 45.5 Å². The molecule has 1 saturated carbocycles. The third-order valence-corrected chi connectivity index (χ3v) is 8.94. The first kappa shape index (κ1) is 25.3. The summed E-state index contributed by atoms with van der Waals surface area (Å²) in [5.41, 5.74) is 8.29. The van der Waals surface area contributed by atoms with Crippen molar-refractivity contribution in [2.75, 3.05) is 19.1 Å². The summed E-state index contributed by atoms with van der Waals surface area (Å²) in [4.78, 5) is 19.4. The summed E-state index contributed by atoms with van der Waals surface area (Å²) >= 11 is 1.73. The van der Waals surface area contributed by atoms with Crippen LogP contribution in [0.3, 0.4) is 0 Å². The fraction of sp³-hybridized carbons (Fsp3) is 0.235. The highest BCUT2D eigenvalue weighted by Gasteiger charge is 2.29. The van der Waals surface area contributed by atoms with Gasteiger partial charge < -0.3 is 9.64 Å². The summed E-state index contributed by atoms with van der Waals surface area (Å²) in [5, 5.41) is 1.02. The molecule has 0 unspecified atom stereocenters. The molecule has 196 valence electrons. The first-order valence-electron chi connectivity index (χ1n) is 13.6. The number of fused-ring (bicyclic) bond motifs is 2. The maximum Gasteiger partial charge on any atom is 0.308 e. The highest BCUT2D eigenvalue weighted by Crippen LogP contribution is 2.42. The number of ether oxygens (including phenoxy) is 1. The van der Waals surface area contributed by atoms with Gasteiger partial charge in [0.2, 0.25) is 0 Å². The molecule has 0 amide bonds. The third kappa shape index (κ3) is 5.19. The number of thiazole rings is 1. The van der Waals surface area contributed by atoms with Crippen molar-refractivity contribution in [3.63, 3.8) is 0 Å². The fourth-order valence-corrected chi connectivity index (χ4v) is 6.78. The number of nitrogens with zero attached hydrogens (tertiary/aromatic N) is 2. The van der Waals surface area contributed by atoms with Crippen LogP contribution in [0.4, 0.5) is 5.69 Å². The molecule has 1 fully saturated rings. The van der Waals surface area contributed by atoms with E-state index in [4.69, 9.17) is 9.72 Å². The lowest BCUT2D eigenvalue weighted by Crippen LogP contribution is -2.23. The third-order valence-electron chi connectivity index (χ3n) is 7.96. The molecule has 39 heavy (non-hydrogen) atoms. The Morgan fingerprint density at radius 1 is 0.923 bits per heavy atom. The van der Waals surface area contributed by atoms with Gasteiger partial charge in [-0.2, -0.15) is 0 Å². The summed E-state index contributed by atoms with van der Waals surface area (Å²) < 4.78 is 6.25. The topological polar surface area (TPSA) is 42.4 Å². The molecule has 6 rings (SSSR count). The first-order chi connectivity index (χ1) is 19.1. The number of anilines is 1. The Hall–Kier alpha value is -3.96. The number of esters is 1. The number of methoxy groups -OCH3 is 1. The van der Waals surface area contributed by atoms with Crippen molar-refractivity contribution in [3.05, 3.63) is 113 Å². The molecule has 0 bridgehead atoms.